The highest BCUT2D eigenvalue weighted by molar-refractivity contribution is 6.35. The topological polar surface area (TPSA) is 124 Å². The van der Waals surface area contributed by atoms with Crippen LogP contribution in [0.5, 0.6) is 0 Å². The van der Waals surface area contributed by atoms with Crippen molar-refractivity contribution in [1.82, 2.24) is 25.2 Å². The van der Waals surface area contributed by atoms with E-state index in [1.54, 1.807) is 18.5 Å². The monoisotopic (exact) mass is 615 g/mol. The lowest BCUT2D eigenvalue weighted by Gasteiger charge is -2.22. The molecule has 1 unspecified atom stereocenters. The van der Waals surface area contributed by atoms with Crippen LogP contribution in [-0.2, 0) is 9.59 Å². The lowest BCUT2D eigenvalue weighted by Crippen LogP contribution is -2.34. The number of hydrogen-bond acceptors (Lipinski definition) is 7. The maximum Gasteiger partial charge on any atom is 0.241 e. The van der Waals surface area contributed by atoms with E-state index in [4.69, 9.17) is 28.5 Å². The van der Waals surface area contributed by atoms with Gasteiger partial charge in [-0.3, -0.25) is 14.6 Å². The normalized spacial score (nSPS) is 15.5. The van der Waals surface area contributed by atoms with Gasteiger partial charge in [0.1, 0.15) is 17.0 Å². The third kappa shape index (κ3) is 11.4. The molecule has 0 bridgehead atoms. The van der Waals surface area contributed by atoms with E-state index in [1.807, 2.05) is 36.9 Å². The second-order valence-electron chi connectivity index (χ2n) is 10.9. The number of hydrogen-bond donors (Lipinski definition) is 2. The van der Waals surface area contributed by atoms with Crippen molar-refractivity contribution in [3.8, 4) is 6.07 Å². The SMILES string of the molecule is CC.CC(C)C.C[C@H]1CN(C(=O)CNc2cnc(Cl)cn2)CC1(C)C.N#CC(NC=O)c1cncc2cccc(Cl)c12. The van der Waals surface area contributed by atoms with Gasteiger partial charge in [0.25, 0.3) is 0 Å². The Bertz CT molecular complexity index is 1300. The van der Waals surface area contributed by atoms with Crippen LogP contribution in [0.1, 0.15) is 67.0 Å². The molecule has 4 rings (SSSR count). The molecule has 1 aliphatic rings. The fourth-order valence-corrected chi connectivity index (χ4v) is 4.25. The second kappa shape index (κ2) is 18.1. The number of nitriles is 1. The van der Waals surface area contributed by atoms with Crippen LogP contribution >= 0.6 is 23.2 Å². The van der Waals surface area contributed by atoms with Crippen molar-refractivity contribution >= 4 is 52.1 Å². The summed E-state index contributed by atoms with van der Waals surface area (Å²) in [7, 11) is 0. The molecule has 0 radical (unpaired) electrons. The number of pyridine rings is 1. The molecule has 1 aliphatic heterocycles. The van der Waals surface area contributed by atoms with E-state index in [2.05, 4.69) is 67.1 Å². The molecule has 1 aromatic carbocycles. The number of fused-ring (bicyclic) bond motifs is 1. The summed E-state index contributed by atoms with van der Waals surface area (Å²) in [5.74, 6) is 2.00. The van der Waals surface area contributed by atoms with Crippen LogP contribution in [0, 0.1) is 28.6 Å². The van der Waals surface area contributed by atoms with Crippen LogP contribution in [0.15, 0.2) is 43.0 Å². The lowest BCUT2D eigenvalue weighted by atomic mass is 9.84. The van der Waals surface area contributed by atoms with E-state index in [0.29, 0.717) is 33.9 Å². The predicted molar refractivity (Wildman–Crippen MR) is 171 cm³/mol. The van der Waals surface area contributed by atoms with Crippen molar-refractivity contribution in [2.24, 2.45) is 17.3 Å². The van der Waals surface area contributed by atoms with Gasteiger partial charge in [0.15, 0.2) is 0 Å². The van der Waals surface area contributed by atoms with Gasteiger partial charge in [-0.2, -0.15) is 5.26 Å². The molecule has 2 atom stereocenters. The highest BCUT2D eigenvalue weighted by Crippen LogP contribution is 2.34. The van der Waals surface area contributed by atoms with E-state index in [1.165, 1.54) is 12.4 Å². The summed E-state index contributed by atoms with van der Waals surface area (Å²) in [4.78, 5) is 36.5. The zero-order valence-corrected chi connectivity index (χ0v) is 27.3. The number of aromatic nitrogens is 3. The molecule has 2 N–H and O–H groups in total. The minimum atomic E-state index is -0.747. The number of benzene rings is 1. The largest absolute Gasteiger partial charge is 0.360 e. The number of amides is 2. The molecule has 0 saturated carbocycles. The smallest absolute Gasteiger partial charge is 0.241 e. The van der Waals surface area contributed by atoms with Crippen molar-refractivity contribution in [1.29, 1.82) is 5.26 Å². The third-order valence-electron chi connectivity index (χ3n) is 6.26. The number of carbonyl (C=O) groups excluding carboxylic acids is 2. The van der Waals surface area contributed by atoms with Gasteiger partial charge in [0.05, 0.1) is 25.0 Å². The highest BCUT2D eigenvalue weighted by atomic mass is 35.5. The molecule has 3 heterocycles. The zero-order chi connectivity index (χ0) is 31.9. The third-order valence-corrected chi connectivity index (χ3v) is 6.77. The molecule has 1 fully saturated rings. The summed E-state index contributed by atoms with van der Waals surface area (Å²) in [5.41, 5.74) is 0.790. The second-order valence-corrected chi connectivity index (χ2v) is 11.7. The molecular weight excluding hydrogens is 573 g/mol. The van der Waals surface area contributed by atoms with E-state index in [-0.39, 0.29) is 17.9 Å². The quantitative estimate of drug-likeness (QED) is 0.288. The van der Waals surface area contributed by atoms with Crippen molar-refractivity contribution < 1.29 is 9.59 Å². The van der Waals surface area contributed by atoms with Crippen molar-refractivity contribution in [3.63, 3.8) is 0 Å². The molecule has 2 amide bonds. The Hall–Kier alpha value is -3.48. The van der Waals surface area contributed by atoms with Crippen LogP contribution < -0.4 is 10.6 Å². The van der Waals surface area contributed by atoms with E-state index < -0.39 is 6.04 Å². The fourth-order valence-electron chi connectivity index (χ4n) is 3.86. The number of nitrogens with one attached hydrogen (secondary N) is 2. The molecule has 0 spiro atoms. The van der Waals surface area contributed by atoms with Gasteiger partial charge < -0.3 is 15.5 Å². The fraction of sp³-hybridized carbons (Fsp3) is 0.484. The first-order chi connectivity index (χ1) is 19.9. The first-order valence-electron chi connectivity index (χ1n) is 14.0. The molecular formula is C31H43Cl2N7O2. The number of carbonyl (C=O) groups is 2. The first-order valence-corrected chi connectivity index (χ1v) is 14.8. The molecule has 2 aromatic heterocycles. The summed E-state index contributed by atoms with van der Waals surface area (Å²) < 4.78 is 0. The maximum absolute atomic E-state index is 12.1. The van der Waals surface area contributed by atoms with Crippen LogP contribution in [0.4, 0.5) is 5.82 Å². The summed E-state index contributed by atoms with van der Waals surface area (Å²) in [6.45, 7) is 18.9. The van der Waals surface area contributed by atoms with Gasteiger partial charge in [-0.05, 0) is 23.3 Å². The van der Waals surface area contributed by atoms with E-state index in [9.17, 15) is 9.59 Å². The molecule has 228 valence electrons. The van der Waals surface area contributed by atoms with Crippen molar-refractivity contribution in [2.75, 3.05) is 25.0 Å². The maximum atomic E-state index is 12.1. The Morgan fingerprint density at radius 2 is 1.83 bits per heavy atom. The molecule has 11 heteroatoms. The predicted octanol–water partition coefficient (Wildman–Crippen LogP) is 6.93. The van der Waals surface area contributed by atoms with Gasteiger partial charge in [0, 0.05) is 46.8 Å². The number of halogens is 2. The molecule has 1 saturated heterocycles. The number of rotatable bonds is 6. The van der Waals surface area contributed by atoms with Crippen molar-refractivity contribution in [3.05, 3.63) is 58.7 Å². The minimum absolute atomic E-state index is 0.0918. The zero-order valence-electron chi connectivity index (χ0n) is 25.8. The Labute approximate surface area is 260 Å². The molecule has 3 aromatic rings. The van der Waals surface area contributed by atoms with Crippen LogP contribution in [0.2, 0.25) is 10.2 Å². The summed E-state index contributed by atoms with van der Waals surface area (Å²) >= 11 is 11.8. The summed E-state index contributed by atoms with van der Waals surface area (Å²) in [6.07, 6.45) is 6.67. The number of likely N-dealkylation sites (tertiary alicyclic amines) is 1. The Morgan fingerprint density at radius 3 is 2.36 bits per heavy atom. The van der Waals surface area contributed by atoms with Crippen molar-refractivity contribution in [2.45, 2.75) is 61.4 Å². The average molecular weight is 617 g/mol. The van der Waals surface area contributed by atoms with Gasteiger partial charge in [-0.15, -0.1) is 0 Å². The van der Waals surface area contributed by atoms with Crippen LogP contribution in [0.25, 0.3) is 10.8 Å². The Balaban J connectivity index is 0.000000356. The van der Waals surface area contributed by atoms with E-state index >= 15 is 0 Å². The summed E-state index contributed by atoms with van der Waals surface area (Å²) in [5, 5.41) is 16.9. The van der Waals surface area contributed by atoms with Crippen LogP contribution in [-0.4, -0.2) is 51.8 Å². The summed E-state index contributed by atoms with van der Waals surface area (Å²) in [6, 6.07) is 6.65. The Kier molecular flexibility index (Phi) is 15.8. The van der Waals surface area contributed by atoms with Crippen LogP contribution in [0.3, 0.4) is 0 Å². The molecule has 0 aliphatic carbocycles. The number of nitrogens with zero attached hydrogens (tertiary/aromatic N) is 5. The van der Waals surface area contributed by atoms with Gasteiger partial charge in [-0.1, -0.05) is 90.7 Å². The average Bonchev–Trinajstić information content (AvgIpc) is 3.24. The Morgan fingerprint density at radius 1 is 1.17 bits per heavy atom. The number of anilines is 1. The van der Waals surface area contributed by atoms with Gasteiger partial charge in [0.2, 0.25) is 12.3 Å². The van der Waals surface area contributed by atoms with E-state index in [0.717, 1.165) is 29.8 Å². The molecule has 9 nitrogen and oxygen atoms in total. The minimum Gasteiger partial charge on any atom is -0.360 e. The highest BCUT2D eigenvalue weighted by Gasteiger charge is 2.38. The standard InChI is InChI=1S/C13H19ClN4O.C12H8ClN3O.C4H10.C2H6/c1-9-7-18(8-13(9,2)3)12(19)6-17-11-5-15-10(14)4-16-11;13-10-3-1-2-8-5-15-6-9(12(8)10)11(4-14)16-7-17;1-4(2)3;1-2/h4-5,9H,6-8H2,1-3H3,(H,16,17);1-3,5-7,11H,(H,16,17);4H,1-3H3;1-2H3/t9-;;;/m0.../s1. The molecule has 42 heavy (non-hydrogen) atoms. The van der Waals surface area contributed by atoms with Gasteiger partial charge in [-0.25, -0.2) is 9.97 Å². The first kappa shape index (κ1) is 36.5. The van der Waals surface area contributed by atoms with Gasteiger partial charge >= 0.3 is 0 Å². The lowest BCUT2D eigenvalue weighted by molar-refractivity contribution is -0.128.